The van der Waals surface area contributed by atoms with Crippen LogP contribution in [0.3, 0.4) is 0 Å². The molecule has 0 saturated heterocycles. The molecule has 0 aliphatic rings. The fourth-order valence-corrected chi connectivity index (χ4v) is 2.54. The van der Waals surface area contributed by atoms with Crippen molar-refractivity contribution in [1.29, 1.82) is 0 Å². The second kappa shape index (κ2) is 8.80. The molecule has 0 aliphatic carbocycles. The molecule has 0 saturated carbocycles. The van der Waals surface area contributed by atoms with Crippen molar-refractivity contribution < 1.29 is 14.6 Å². The van der Waals surface area contributed by atoms with Gasteiger partial charge < -0.3 is 15.2 Å². The minimum Gasteiger partial charge on any atom is -0.508 e. The van der Waals surface area contributed by atoms with Gasteiger partial charge in [0, 0.05) is 12.0 Å². The van der Waals surface area contributed by atoms with Crippen molar-refractivity contribution in [2.75, 3.05) is 11.9 Å². The molecule has 6 nitrogen and oxygen atoms in total. The number of aromatic nitrogens is 2. The van der Waals surface area contributed by atoms with Gasteiger partial charge in [-0.2, -0.15) is 0 Å². The van der Waals surface area contributed by atoms with Gasteiger partial charge in [-0.05, 0) is 37.1 Å². The monoisotopic (exact) mass is 363 g/mol. The number of rotatable bonds is 7. The van der Waals surface area contributed by atoms with Crippen molar-refractivity contribution in [3.8, 4) is 22.9 Å². The zero-order chi connectivity index (χ0) is 19.1. The molecular formula is C21H21N3O3. The number of phenolic OH excluding ortho intramolecular Hbond substituents is 1. The number of anilines is 1. The van der Waals surface area contributed by atoms with Gasteiger partial charge in [0.05, 0.1) is 24.7 Å². The predicted molar refractivity (Wildman–Crippen MR) is 104 cm³/mol. The Kier molecular flexibility index (Phi) is 5.99. The zero-order valence-corrected chi connectivity index (χ0v) is 15.1. The summed E-state index contributed by atoms with van der Waals surface area (Å²) in [4.78, 5) is 20.5. The van der Waals surface area contributed by atoms with Crippen LogP contribution in [0, 0.1) is 6.92 Å². The number of aryl methyl sites for hydroxylation is 1. The van der Waals surface area contributed by atoms with Crippen molar-refractivity contribution in [3.63, 3.8) is 0 Å². The van der Waals surface area contributed by atoms with Gasteiger partial charge in [0.1, 0.15) is 11.5 Å². The highest BCUT2D eigenvalue weighted by molar-refractivity contribution is 5.90. The van der Waals surface area contributed by atoms with Gasteiger partial charge in [0.25, 0.3) is 0 Å². The lowest BCUT2D eigenvalue weighted by Gasteiger charge is -2.09. The summed E-state index contributed by atoms with van der Waals surface area (Å²) in [6, 6.07) is 14.5. The number of carbonyl (C=O) groups is 1. The molecule has 0 atom stereocenters. The smallest absolute Gasteiger partial charge is 0.224 e. The van der Waals surface area contributed by atoms with Crippen LogP contribution in [0.25, 0.3) is 11.4 Å². The van der Waals surface area contributed by atoms with Crippen molar-refractivity contribution in [2.45, 2.75) is 19.8 Å². The predicted octanol–water partition coefficient (Wildman–Crippen LogP) is 3.96. The number of nitrogens with one attached hydrogen (secondary N) is 1. The molecule has 0 unspecified atom stereocenters. The van der Waals surface area contributed by atoms with E-state index in [0.29, 0.717) is 36.5 Å². The summed E-state index contributed by atoms with van der Waals surface area (Å²) < 4.78 is 5.69. The third-order valence-corrected chi connectivity index (χ3v) is 3.94. The van der Waals surface area contributed by atoms with E-state index in [-0.39, 0.29) is 11.7 Å². The number of amides is 1. The first kappa shape index (κ1) is 18.4. The zero-order valence-electron chi connectivity index (χ0n) is 15.1. The average Bonchev–Trinajstić information content (AvgIpc) is 2.67. The number of phenols is 1. The Hall–Kier alpha value is -3.41. The standard InChI is InChI=1S/C21H21N3O3/c1-15-6-2-3-9-19(15)27-11-5-10-20(26)24-17-13-22-21(23-14-17)16-7-4-8-18(25)12-16/h2-4,6-9,12-14,25H,5,10-11H2,1H3,(H,24,26). The number of benzene rings is 2. The molecule has 0 spiro atoms. The third-order valence-electron chi connectivity index (χ3n) is 3.94. The molecule has 0 aliphatic heterocycles. The fourth-order valence-electron chi connectivity index (χ4n) is 2.54. The lowest BCUT2D eigenvalue weighted by molar-refractivity contribution is -0.116. The van der Waals surface area contributed by atoms with Crippen molar-refractivity contribution in [2.24, 2.45) is 0 Å². The van der Waals surface area contributed by atoms with E-state index in [1.807, 2.05) is 37.3 Å². The Bertz CT molecular complexity index is 911. The van der Waals surface area contributed by atoms with Crippen LogP contribution in [0.15, 0.2) is 60.9 Å². The topological polar surface area (TPSA) is 84.3 Å². The number of aromatic hydroxyl groups is 1. The van der Waals surface area contributed by atoms with E-state index in [2.05, 4.69) is 15.3 Å². The molecule has 2 N–H and O–H groups in total. The van der Waals surface area contributed by atoms with Gasteiger partial charge in [-0.15, -0.1) is 0 Å². The molecule has 27 heavy (non-hydrogen) atoms. The largest absolute Gasteiger partial charge is 0.508 e. The minimum absolute atomic E-state index is 0.114. The van der Waals surface area contributed by atoms with E-state index in [1.165, 1.54) is 0 Å². The van der Waals surface area contributed by atoms with Crippen LogP contribution in [-0.2, 0) is 4.79 Å². The van der Waals surface area contributed by atoms with Crippen LogP contribution in [-0.4, -0.2) is 27.6 Å². The molecule has 0 bridgehead atoms. The molecule has 3 aromatic rings. The van der Waals surface area contributed by atoms with Gasteiger partial charge in [-0.3, -0.25) is 4.79 Å². The Morgan fingerprint density at radius 1 is 1.11 bits per heavy atom. The van der Waals surface area contributed by atoms with Crippen molar-refractivity contribution >= 4 is 11.6 Å². The summed E-state index contributed by atoms with van der Waals surface area (Å²) in [7, 11) is 0. The average molecular weight is 363 g/mol. The number of hydrogen-bond acceptors (Lipinski definition) is 5. The van der Waals surface area contributed by atoms with E-state index in [1.54, 1.807) is 30.6 Å². The Labute approximate surface area is 157 Å². The SMILES string of the molecule is Cc1ccccc1OCCCC(=O)Nc1cnc(-c2cccc(O)c2)nc1. The quantitative estimate of drug-likeness (QED) is 0.621. The van der Waals surface area contributed by atoms with E-state index in [0.717, 1.165) is 11.3 Å². The van der Waals surface area contributed by atoms with Crippen LogP contribution in [0.5, 0.6) is 11.5 Å². The number of hydrogen-bond donors (Lipinski definition) is 2. The number of para-hydroxylation sites is 1. The van der Waals surface area contributed by atoms with Crippen LogP contribution in [0.1, 0.15) is 18.4 Å². The van der Waals surface area contributed by atoms with Crippen LogP contribution < -0.4 is 10.1 Å². The molecule has 6 heteroatoms. The minimum atomic E-state index is -0.114. The third kappa shape index (κ3) is 5.28. The van der Waals surface area contributed by atoms with Gasteiger partial charge in [0.15, 0.2) is 5.82 Å². The maximum Gasteiger partial charge on any atom is 0.224 e. The molecular weight excluding hydrogens is 342 g/mol. The van der Waals surface area contributed by atoms with Gasteiger partial charge in [-0.25, -0.2) is 9.97 Å². The van der Waals surface area contributed by atoms with Gasteiger partial charge in [-0.1, -0.05) is 30.3 Å². The van der Waals surface area contributed by atoms with Crippen LogP contribution in [0.2, 0.25) is 0 Å². The number of ether oxygens (including phenoxy) is 1. The first-order valence-electron chi connectivity index (χ1n) is 8.71. The first-order chi connectivity index (χ1) is 13.1. The summed E-state index contributed by atoms with van der Waals surface area (Å²) in [5, 5.41) is 12.3. The second-order valence-electron chi connectivity index (χ2n) is 6.11. The Morgan fingerprint density at radius 2 is 1.89 bits per heavy atom. The maximum atomic E-state index is 12.0. The molecule has 1 heterocycles. The highest BCUT2D eigenvalue weighted by Crippen LogP contribution is 2.20. The molecule has 1 amide bonds. The van der Waals surface area contributed by atoms with E-state index in [9.17, 15) is 9.90 Å². The van der Waals surface area contributed by atoms with Gasteiger partial charge in [0.2, 0.25) is 5.91 Å². The molecule has 3 rings (SSSR count). The fraction of sp³-hybridized carbons (Fsp3) is 0.190. The molecule has 1 aromatic heterocycles. The molecule has 2 aromatic carbocycles. The normalized spacial score (nSPS) is 10.4. The molecule has 0 fully saturated rings. The highest BCUT2D eigenvalue weighted by atomic mass is 16.5. The first-order valence-corrected chi connectivity index (χ1v) is 8.71. The van der Waals surface area contributed by atoms with Gasteiger partial charge >= 0.3 is 0 Å². The van der Waals surface area contributed by atoms with E-state index in [4.69, 9.17) is 4.74 Å². The van der Waals surface area contributed by atoms with Crippen LogP contribution in [0.4, 0.5) is 5.69 Å². The van der Waals surface area contributed by atoms with Crippen molar-refractivity contribution in [3.05, 3.63) is 66.5 Å². The number of carbonyl (C=O) groups excluding carboxylic acids is 1. The highest BCUT2D eigenvalue weighted by Gasteiger charge is 2.06. The second-order valence-corrected chi connectivity index (χ2v) is 6.11. The van der Waals surface area contributed by atoms with Crippen molar-refractivity contribution in [1.82, 2.24) is 9.97 Å². The summed E-state index contributed by atoms with van der Waals surface area (Å²) in [5.41, 5.74) is 2.32. The lowest BCUT2D eigenvalue weighted by atomic mass is 10.2. The summed E-state index contributed by atoms with van der Waals surface area (Å²) >= 11 is 0. The molecule has 138 valence electrons. The maximum absolute atomic E-state index is 12.0. The Morgan fingerprint density at radius 3 is 2.63 bits per heavy atom. The lowest BCUT2D eigenvalue weighted by Crippen LogP contribution is -2.13. The molecule has 0 radical (unpaired) electrons. The summed E-state index contributed by atoms with van der Waals surface area (Å²) in [6.07, 6.45) is 4.06. The summed E-state index contributed by atoms with van der Waals surface area (Å²) in [5.74, 6) is 1.36. The van der Waals surface area contributed by atoms with E-state index < -0.39 is 0 Å². The Balaban J connectivity index is 1.46. The number of nitrogens with zero attached hydrogens (tertiary/aromatic N) is 2. The summed E-state index contributed by atoms with van der Waals surface area (Å²) in [6.45, 7) is 2.47. The van der Waals surface area contributed by atoms with E-state index >= 15 is 0 Å². The van der Waals surface area contributed by atoms with Crippen LogP contribution >= 0.6 is 0 Å².